The molecule has 0 saturated carbocycles. The lowest BCUT2D eigenvalue weighted by molar-refractivity contribution is 0.0487. The fourth-order valence-electron chi connectivity index (χ4n) is 2.07. The molecule has 0 heterocycles. The van der Waals surface area contributed by atoms with E-state index in [1.807, 2.05) is 0 Å². The number of benzene rings is 1. The van der Waals surface area contributed by atoms with Crippen LogP contribution in [0.15, 0.2) is 23.2 Å². The van der Waals surface area contributed by atoms with Gasteiger partial charge in [0.25, 0.3) is 0 Å². The molecule has 2 N–H and O–H groups in total. The first-order valence-electron chi connectivity index (χ1n) is 8.71. The topological polar surface area (TPSA) is 54.9 Å². The summed E-state index contributed by atoms with van der Waals surface area (Å²) in [6, 6.07) is 4.44. The van der Waals surface area contributed by atoms with E-state index in [0.29, 0.717) is 50.3 Å². The maximum Gasteiger partial charge on any atom is 0.191 e. The number of hydrogen-bond acceptors (Lipinski definition) is 3. The maximum absolute atomic E-state index is 13.0. The van der Waals surface area contributed by atoms with Crippen LogP contribution < -0.4 is 10.6 Å². The van der Waals surface area contributed by atoms with Gasteiger partial charge >= 0.3 is 0 Å². The minimum Gasteiger partial charge on any atom is -0.379 e. The molecule has 26 heavy (non-hydrogen) atoms. The fraction of sp³-hybridized carbons (Fsp3) is 0.611. The molecule has 0 spiro atoms. The summed E-state index contributed by atoms with van der Waals surface area (Å²) < 4.78 is 23.9. The van der Waals surface area contributed by atoms with E-state index < -0.39 is 0 Å². The molecule has 0 saturated heterocycles. The molecule has 0 aromatic heterocycles. The Hall–Kier alpha value is -0.640. The summed E-state index contributed by atoms with van der Waals surface area (Å²) in [5.41, 5.74) is 0.900. The van der Waals surface area contributed by atoms with Crippen molar-refractivity contribution in [1.29, 1.82) is 0 Å². The van der Waals surface area contributed by atoms with E-state index in [1.165, 1.54) is 12.1 Å². The Bertz CT molecular complexity index is 521. The van der Waals surface area contributed by atoms with Gasteiger partial charge in [0, 0.05) is 31.8 Å². The third-order valence-electron chi connectivity index (χ3n) is 3.48. The second-order valence-electron chi connectivity index (χ2n) is 5.49. The average molecular weight is 502 g/mol. The van der Waals surface area contributed by atoms with Crippen LogP contribution in [-0.2, 0) is 15.9 Å². The molecular formula is C18H30ClFIN3O2. The average Bonchev–Trinajstić information content (AvgIpc) is 2.60. The summed E-state index contributed by atoms with van der Waals surface area (Å²) >= 11 is 6.01. The first-order valence-corrected chi connectivity index (χ1v) is 9.09. The van der Waals surface area contributed by atoms with Crippen molar-refractivity contribution in [1.82, 2.24) is 10.6 Å². The number of unbranched alkanes of at least 4 members (excludes halogenated alkanes) is 1. The van der Waals surface area contributed by atoms with Crippen LogP contribution in [0.4, 0.5) is 4.39 Å². The van der Waals surface area contributed by atoms with Gasteiger partial charge in [0.05, 0.1) is 19.8 Å². The smallest absolute Gasteiger partial charge is 0.191 e. The van der Waals surface area contributed by atoms with E-state index in [-0.39, 0.29) is 29.8 Å². The second-order valence-corrected chi connectivity index (χ2v) is 5.90. The molecule has 1 aromatic carbocycles. The van der Waals surface area contributed by atoms with E-state index in [4.69, 9.17) is 21.1 Å². The molecule has 1 rings (SSSR count). The highest BCUT2D eigenvalue weighted by Gasteiger charge is 2.03. The SMILES string of the molecule is CCCCOCCOCCNC(=NC)NCCc1ccc(F)cc1Cl.I. The molecule has 0 atom stereocenters. The van der Waals surface area contributed by atoms with Crippen molar-refractivity contribution in [2.24, 2.45) is 4.99 Å². The van der Waals surface area contributed by atoms with E-state index in [2.05, 4.69) is 22.5 Å². The van der Waals surface area contributed by atoms with Gasteiger partial charge in [0.15, 0.2) is 5.96 Å². The van der Waals surface area contributed by atoms with Crippen LogP contribution in [0.1, 0.15) is 25.3 Å². The number of nitrogens with zero attached hydrogens (tertiary/aromatic N) is 1. The van der Waals surface area contributed by atoms with Gasteiger partial charge in [-0.2, -0.15) is 0 Å². The van der Waals surface area contributed by atoms with Gasteiger partial charge < -0.3 is 20.1 Å². The Morgan fingerprint density at radius 1 is 1.12 bits per heavy atom. The lowest BCUT2D eigenvalue weighted by atomic mass is 10.1. The predicted octanol–water partition coefficient (Wildman–Crippen LogP) is 3.64. The lowest BCUT2D eigenvalue weighted by Gasteiger charge is -2.12. The Morgan fingerprint density at radius 2 is 1.81 bits per heavy atom. The molecule has 0 aliphatic heterocycles. The molecule has 0 unspecified atom stereocenters. The van der Waals surface area contributed by atoms with Crippen LogP contribution in [-0.4, -0.2) is 52.5 Å². The third-order valence-corrected chi connectivity index (χ3v) is 3.83. The molecule has 0 aliphatic rings. The number of hydrogen-bond donors (Lipinski definition) is 2. The third kappa shape index (κ3) is 11.9. The summed E-state index contributed by atoms with van der Waals surface area (Å²) in [6.07, 6.45) is 2.92. The molecular weight excluding hydrogens is 472 g/mol. The molecule has 8 heteroatoms. The largest absolute Gasteiger partial charge is 0.379 e. The van der Waals surface area contributed by atoms with E-state index in [9.17, 15) is 4.39 Å². The van der Waals surface area contributed by atoms with Gasteiger partial charge in [0.1, 0.15) is 5.82 Å². The highest BCUT2D eigenvalue weighted by atomic mass is 127. The van der Waals surface area contributed by atoms with Gasteiger partial charge in [0.2, 0.25) is 0 Å². The summed E-state index contributed by atoms with van der Waals surface area (Å²) in [7, 11) is 1.71. The zero-order chi connectivity index (χ0) is 18.3. The summed E-state index contributed by atoms with van der Waals surface area (Å²) in [4.78, 5) is 4.14. The zero-order valence-electron chi connectivity index (χ0n) is 15.5. The van der Waals surface area contributed by atoms with Crippen LogP contribution in [0.5, 0.6) is 0 Å². The summed E-state index contributed by atoms with van der Waals surface area (Å²) in [6.45, 7) is 6.06. The van der Waals surface area contributed by atoms with Crippen molar-refractivity contribution in [2.75, 3.05) is 46.6 Å². The standard InChI is InChI=1S/C18H29ClFN3O2.HI/c1-3-4-10-24-12-13-25-11-9-23-18(21-2)22-8-7-15-5-6-16(20)14-17(15)19;/h5-6,14H,3-4,7-13H2,1-2H3,(H2,21,22,23);1H. The van der Waals surface area contributed by atoms with Gasteiger partial charge in [-0.25, -0.2) is 4.39 Å². The lowest BCUT2D eigenvalue weighted by Crippen LogP contribution is -2.39. The first-order chi connectivity index (χ1) is 12.2. The summed E-state index contributed by atoms with van der Waals surface area (Å²) in [5.74, 6) is 0.371. The Labute approximate surface area is 178 Å². The Balaban J connectivity index is 0.00000625. The quantitative estimate of drug-likeness (QED) is 0.199. The number of nitrogens with one attached hydrogen (secondary N) is 2. The van der Waals surface area contributed by atoms with Crippen LogP contribution >= 0.6 is 35.6 Å². The molecule has 0 bridgehead atoms. The van der Waals surface area contributed by atoms with Crippen molar-refractivity contribution in [3.63, 3.8) is 0 Å². The molecule has 0 radical (unpaired) electrons. The molecule has 0 amide bonds. The molecule has 1 aromatic rings. The molecule has 5 nitrogen and oxygen atoms in total. The monoisotopic (exact) mass is 501 g/mol. The molecule has 150 valence electrons. The number of ether oxygens (including phenoxy) is 2. The number of guanidine groups is 1. The Morgan fingerprint density at radius 3 is 2.46 bits per heavy atom. The van der Waals surface area contributed by atoms with Gasteiger partial charge in [-0.05, 0) is 30.5 Å². The van der Waals surface area contributed by atoms with Crippen LogP contribution in [0.2, 0.25) is 5.02 Å². The number of halogens is 3. The van der Waals surface area contributed by atoms with Gasteiger partial charge in [-0.15, -0.1) is 24.0 Å². The molecule has 0 fully saturated rings. The van der Waals surface area contributed by atoms with E-state index in [1.54, 1.807) is 13.1 Å². The first kappa shape index (κ1) is 25.4. The molecule has 0 aliphatic carbocycles. The highest BCUT2D eigenvalue weighted by Crippen LogP contribution is 2.17. The van der Waals surface area contributed by atoms with Crippen LogP contribution in [0, 0.1) is 5.82 Å². The normalized spacial score (nSPS) is 11.2. The minimum absolute atomic E-state index is 0. The number of aliphatic imine (C=N–C) groups is 1. The summed E-state index contributed by atoms with van der Waals surface area (Å²) in [5, 5.41) is 6.81. The van der Waals surface area contributed by atoms with Gasteiger partial charge in [-0.3, -0.25) is 4.99 Å². The van der Waals surface area contributed by atoms with Crippen molar-refractivity contribution >= 4 is 41.5 Å². The van der Waals surface area contributed by atoms with Crippen LogP contribution in [0.3, 0.4) is 0 Å². The fourth-order valence-corrected chi connectivity index (χ4v) is 2.33. The Kier molecular flexibility index (Phi) is 16.1. The number of rotatable bonds is 12. The van der Waals surface area contributed by atoms with Crippen molar-refractivity contribution in [3.8, 4) is 0 Å². The van der Waals surface area contributed by atoms with Gasteiger partial charge in [-0.1, -0.05) is 31.0 Å². The maximum atomic E-state index is 13.0. The van der Waals surface area contributed by atoms with Crippen LogP contribution in [0.25, 0.3) is 0 Å². The van der Waals surface area contributed by atoms with E-state index in [0.717, 1.165) is 25.0 Å². The minimum atomic E-state index is -0.324. The highest BCUT2D eigenvalue weighted by molar-refractivity contribution is 14.0. The zero-order valence-corrected chi connectivity index (χ0v) is 18.6. The predicted molar refractivity (Wildman–Crippen MR) is 116 cm³/mol. The van der Waals surface area contributed by atoms with E-state index >= 15 is 0 Å². The van der Waals surface area contributed by atoms with Crippen molar-refractivity contribution in [2.45, 2.75) is 26.2 Å². The second kappa shape index (κ2) is 16.5. The van der Waals surface area contributed by atoms with Crippen molar-refractivity contribution in [3.05, 3.63) is 34.6 Å². The van der Waals surface area contributed by atoms with Crippen molar-refractivity contribution < 1.29 is 13.9 Å².